The molecule has 2 aliphatic heterocycles. The standard InChI is InChI=1S/C30H32ClNO2S/c1-19-5-13-27(31)28(14-19)34-26-16-24-11-12-25(17-26)32(24)30(33)23-9-7-22(8-10-23)18-35-29-15-20(2)4-6-21(29)3/h4-10,13-15,24-26H,11-12,16-18H2,1-3H3/t24-,25+,26?. The molecule has 182 valence electrons. The summed E-state index contributed by atoms with van der Waals surface area (Å²) >= 11 is 8.21. The number of amides is 1. The topological polar surface area (TPSA) is 29.5 Å². The summed E-state index contributed by atoms with van der Waals surface area (Å²) in [4.78, 5) is 16.9. The first-order valence-electron chi connectivity index (χ1n) is 12.4. The molecule has 3 aromatic carbocycles. The van der Waals surface area contributed by atoms with Crippen LogP contribution in [-0.2, 0) is 5.75 Å². The van der Waals surface area contributed by atoms with Crippen LogP contribution < -0.4 is 4.74 Å². The van der Waals surface area contributed by atoms with E-state index < -0.39 is 0 Å². The van der Waals surface area contributed by atoms with Crippen molar-refractivity contribution < 1.29 is 9.53 Å². The number of halogens is 1. The maximum atomic E-state index is 13.5. The predicted octanol–water partition coefficient (Wildman–Crippen LogP) is 7.77. The van der Waals surface area contributed by atoms with Gasteiger partial charge in [0.2, 0.25) is 0 Å². The van der Waals surface area contributed by atoms with Crippen molar-refractivity contribution in [2.45, 2.75) is 75.3 Å². The van der Waals surface area contributed by atoms with E-state index in [0.29, 0.717) is 5.02 Å². The number of thioether (sulfide) groups is 1. The minimum absolute atomic E-state index is 0.0975. The van der Waals surface area contributed by atoms with Crippen molar-refractivity contribution in [1.29, 1.82) is 0 Å². The molecule has 2 aliphatic rings. The second kappa shape index (κ2) is 10.3. The third-order valence-electron chi connectivity index (χ3n) is 7.24. The second-order valence-corrected chi connectivity index (χ2v) is 11.4. The van der Waals surface area contributed by atoms with Crippen molar-refractivity contribution in [1.82, 2.24) is 4.90 Å². The number of nitrogens with zero attached hydrogens (tertiary/aromatic N) is 1. The zero-order chi connectivity index (χ0) is 24.5. The lowest BCUT2D eigenvalue weighted by molar-refractivity contribution is 0.0359. The van der Waals surface area contributed by atoms with Crippen LogP contribution >= 0.6 is 23.4 Å². The molecule has 1 unspecified atom stereocenters. The summed E-state index contributed by atoms with van der Waals surface area (Å²) in [6, 6.07) is 21.1. The van der Waals surface area contributed by atoms with Gasteiger partial charge in [-0.1, -0.05) is 47.5 Å². The zero-order valence-corrected chi connectivity index (χ0v) is 22.2. The first kappa shape index (κ1) is 24.3. The van der Waals surface area contributed by atoms with Crippen molar-refractivity contribution >= 4 is 29.3 Å². The molecule has 2 bridgehead atoms. The van der Waals surface area contributed by atoms with Crippen molar-refractivity contribution in [2.24, 2.45) is 0 Å². The number of carbonyl (C=O) groups is 1. The van der Waals surface area contributed by atoms with E-state index in [1.165, 1.54) is 21.6 Å². The van der Waals surface area contributed by atoms with Gasteiger partial charge in [-0.3, -0.25) is 4.79 Å². The maximum Gasteiger partial charge on any atom is 0.254 e. The molecule has 1 amide bonds. The fraction of sp³-hybridized carbons (Fsp3) is 0.367. The largest absolute Gasteiger partial charge is 0.489 e. The normalized spacial score (nSPS) is 21.3. The molecule has 35 heavy (non-hydrogen) atoms. The van der Waals surface area contributed by atoms with Crippen LogP contribution in [0.5, 0.6) is 5.75 Å². The number of carbonyl (C=O) groups excluding carboxylic acids is 1. The summed E-state index contributed by atoms with van der Waals surface area (Å²) in [6.07, 6.45) is 3.90. The van der Waals surface area contributed by atoms with Gasteiger partial charge < -0.3 is 9.64 Å². The molecule has 0 aliphatic carbocycles. The number of hydrogen-bond donors (Lipinski definition) is 0. The van der Waals surface area contributed by atoms with Crippen LogP contribution in [0.1, 0.15) is 58.3 Å². The molecular weight excluding hydrogens is 474 g/mol. The Labute approximate surface area is 217 Å². The molecule has 0 saturated carbocycles. The lowest BCUT2D eigenvalue weighted by Gasteiger charge is -2.39. The van der Waals surface area contributed by atoms with Gasteiger partial charge >= 0.3 is 0 Å². The average Bonchev–Trinajstić information content (AvgIpc) is 3.12. The van der Waals surface area contributed by atoms with Gasteiger partial charge in [0, 0.05) is 41.1 Å². The Kier molecular flexibility index (Phi) is 7.13. The first-order chi connectivity index (χ1) is 16.9. The van der Waals surface area contributed by atoms with Gasteiger partial charge in [-0.05, 0) is 80.6 Å². The molecule has 3 atom stereocenters. The summed E-state index contributed by atoms with van der Waals surface area (Å²) in [5, 5.41) is 0.650. The first-order valence-corrected chi connectivity index (χ1v) is 13.8. The SMILES string of the molecule is Cc1ccc(Cl)c(OC2C[C@H]3CC[C@@H](C2)N3C(=O)c2ccc(CSc3cc(C)ccc3C)cc2)c1. The fourth-order valence-corrected chi connectivity index (χ4v) is 6.59. The highest BCUT2D eigenvalue weighted by molar-refractivity contribution is 7.98. The minimum atomic E-state index is 0.0975. The number of benzene rings is 3. The van der Waals surface area contributed by atoms with Crippen LogP contribution in [0.3, 0.4) is 0 Å². The van der Waals surface area contributed by atoms with Gasteiger partial charge in [0.05, 0.1) is 5.02 Å². The zero-order valence-electron chi connectivity index (χ0n) is 20.6. The van der Waals surface area contributed by atoms with Crippen LogP contribution in [0, 0.1) is 20.8 Å². The van der Waals surface area contributed by atoms with Crippen LogP contribution in [0.25, 0.3) is 0 Å². The van der Waals surface area contributed by atoms with E-state index in [0.717, 1.165) is 48.3 Å². The van der Waals surface area contributed by atoms with Gasteiger partial charge in [0.15, 0.2) is 0 Å². The van der Waals surface area contributed by atoms with Crippen molar-refractivity contribution in [3.05, 3.63) is 93.5 Å². The molecular formula is C30H32ClNO2S. The lowest BCUT2D eigenvalue weighted by atomic mass is 9.98. The third-order valence-corrected chi connectivity index (χ3v) is 8.78. The summed E-state index contributed by atoms with van der Waals surface area (Å²) in [5.74, 6) is 1.80. The van der Waals surface area contributed by atoms with Crippen LogP contribution in [0.15, 0.2) is 65.6 Å². The number of fused-ring (bicyclic) bond motifs is 2. The van der Waals surface area contributed by atoms with Gasteiger partial charge in [0.25, 0.3) is 5.91 Å². The van der Waals surface area contributed by atoms with Gasteiger partial charge in [-0.15, -0.1) is 11.8 Å². The molecule has 0 spiro atoms. The van der Waals surface area contributed by atoms with Crippen molar-refractivity contribution in [3.8, 4) is 5.75 Å². The Morgan fingerprint density at radius 1 is 0.943 bits per heavy atom. The monoisotopic (exact) mass is 505 g/mol. The number of hydrogen-bond acceptors (Lipinski definition) is 3. The number of aryl methyl sites for hydroxylation is 3. The van der Waals surface area contributed by atoms with E-state index in [1.54, 1.807) is 0 Å². The van der Waals surface area contributed by atoms with Crippen LogP contribution in [0.4, 0.5) is 0 Å². The Bertz CT molecular complexity index is 1210. The lowest BCUT2D eigenvalue weighted by Crippen LogP contribution is -2.49. The van der Waals surface area contributed by atoms with E-state index in [9.17, 15) is 4.79 Å². The number of rotatable bonds is 6. The molecule has 2 saturated heterocycles. The van der Waals surface area contributed by atoms with Crippen molar-refractivity contribution in [2.75, 3.05) is 0 Å². The Morgan fingerprint density at radius 3 is 2.31 bits per heavy atom. The smallest absolute Gasteiger partial charge is 0.254 e. The molecule has 5 heteroatoms. The molecule has 5 rings (SSSR count). The number of ether oxygens (including phenoxy) is 1. The van der Waals surface area contributed by atoms with E-state index in [-0.39, 0.29) is 24.1 Å². The predicted molar refractivity (Wildman–Crippen MR) is 145 cm³/mol. The van der Waals surface area contributed by atoms with E-state index >= 15 is 0 Å². The van der Waals surface area contributed by atoms with E-state index in [1.807, 2.05) is 49.0 Å². The Balaban J connectivity index is 1.21. The molecule has 3 nitrogen and oxygen atoms in total. The summed E-state index contributed by atoms with van der Waals surface area (Å²) < 4.78 is 6.30. The number of piperidine rings is 1. The summed E-state index contributed by atoms with van der Waals surface area (Å²) in [5.41, 5.74) is 5.74. The molecule has 2 heterocycles. The Morgan fingerprint density at radius 2 is 1.60 bits per heavy atom. The van der Waals surface area contributed by atoms with E-state index in [2.05, 4.69) is 49.1 Å². The second-order valence-electron chi connectivity index (χ2n) is 10.00. The van der Waals surface area contributed by atoms with Gasteiger partial charge in [-0.25, -0.2) is 0 Å². The van der Waals surface area contributed by atoms with Crippen molar-refractivity contribution in [3.63, 3.8) is 0 Å². The van der Waals surface area contributed by atoms with Crippen LogP contribution in [0.2, 0.25) is 5.02 Å². The average molecular weight is 506 g/mol. The summed E-state index contributed by atoms with van der Waals surface area (Å²) in [6.45, 7) is 6.33. The molecule has 0 N–H and O–H groups in total. The minimum Gasteiger partial charge on any atom is -0.489 e. The third kappa shape index (κ3) is 5.39. The molecule has 0 radical (unpaired) electrons. The molecule has 2 fully saturated rings. The molecule has 0 aromatic heterocycles. The highest BCUT2D eigenvalue weighted by Gasteiger charge is 2.44. The molecule has 3 aromatic rings. The highest BCUT2D eigenvalue weighted by Crippen LogP contribution is 2.39. The Hall–Kier alpha value is -2.43. The van der Waals surface area contributed by atoms with E-state index in [4.69, 9.17) is 16.3 Å². The maximum absolute atomic E-state index is 13.5. The van der Waals surface area contributed by atoms with Gasteiger partial charge in [-0.2, -0.15) is 0 Å². The fourth-order valence-electron chi connectivity index (χ4n) is 5.35. The highest BCUT2D eigenvalue weighted by atomic mass is 35.5. The quantitative estimate of drug-likeness (QED) is 0.320. The van der Waals surface area contributed by atoms with Gasteiger partial charge in [0.1, 0.15) is 11.9 Å². The summed E-state index contributed by atoms with van der Waals surface area (Å²) in [7, 11) is 0. The van der Waals surface area contributed by atoms with Crippen LogP contribution in [-0.4, -0.2) is 29.0 Å².